The normalized spacial score (nSPS) is 10.6. The summed E-state index contributed by atoms with van der Waals surface area (Å²) in [6.07, 6.45) is 7.49. The van der Waals surface area contributed by atoms with Crippen LogP contribution in [0.3, 0.4) is 0 Å². The monoisotopic (exact) mass is 330 g/mol. The molecule has 21 heavy (non-hydrogen) atoms. The number of ketones is 1. The number of thiophene rings is 1. The lowest BCUT2D eigenvalue weighted by Crippen LogP contribution is -2.02. The number of alkyl halides is 1. The predicted molar refractivity (Wildman–Crippen MR) is 87.4 cm³/mol. The van der Waals surface area contributed by atoms with E-state index in [2.05, 4.69) is 4.74 Å². The van der Waals surface area contributed by atoms with E-state index < -0.39 is 0 Å². The molecule has 0 aliphatic carbocycles. The van der Waals surface area contributed by atoms with Gasteiger partial charge in [0.15, 0.2) is 5.78 Å². The van der Waals surface area contributed by atoms with Crippen LogP contribution >= 0.6 is 22.9 Å². The lowest BCUT2D eigenvalue weighted by molar-refractivity contribution is -0.139. The van der Waals surface area contributed by atoms with Crippen LogP contribution in [0.4, 0.5) is 0 Å². The molecule has 1 rings (SSSR count). The summed E-state index contributed by atoms with van der Waals surface area (Å²) in [4.78, 5) is 24.8. The standard InChI is InChI=1S/C16H23ClO3S/c1-20-16(19)12-13-9-10-15(21-13)14(18)8-6-4-2-3-5-7-11-17/h9-10H,2-8,11-12H2,1H3. The van der Waals surface area contributed by atoms with E-state index in [1.807, 2.05) is 12.1 Å². The maximum Gasteiger partial charge on any atom is 0.310 e. The van der Waals surface area contributed by atoms with Crippen molar-refractivity contribution < 1.29 is 14.3 Å². The smallest absolute Gasteiger partial charge is 0.310 e. The van der Waals surface area contributed by atoms with Crippen molar-refractivity contribution in [2.24, 2.45) is 0 Å². The molecule has 118 valence electrons. The lowest BCUT2D eigenvalue weighted by atomic mass is 10.1. The molecule has 0 bridgehead atoms. The number of hydrogen-bond donors (Lipinski definition) is 0. The molecule has 0 saturated carbocycles. The summed E-state index contributed by atoms with van der Waals surface area (Å²) < 4.78 is 4.62. The Labute approximate surface area is 135 Å². The lowest BCUT2D eigenvalue weighted by Gasteiger charge is -2.00. The van der Waals surface area contributed by atoms with Gasteiger partial charge in [-0.15, -0.1) is 22.9 Å². The molecule has 0 atom stereocenters. The summed E-state index contributed by atoms with van der Waals surface area (Å²) >= 11 is 7.02. The van der Waals surface area contributed by atoms with Crippen molar-refractivity contribution in [1.82, 2.24) is 0 Å². The third-order valence-electron chi connectivity index (χ3n) is 3.27. The van der Waals surface area contributed by atoms with E-state index in [0.29, 0.717) is 6.42 Å². The summed E-state index contributed by atoms with van der Waals surface area (Å²) in [5.74, 6) is 0.648. The van der Waals surface area contributed by atoms with Crippen LogP contribution in [-0.2, 0) is 16.0 Å². The Kier molecular flexibility index (Phi) is 9.35. The quantitative estimate of drug-likeness (QED) is 0.257. The number of ether oxygens (including phenoxy) is 1. The van der Waals surface area contributed by atoms with Gasteiger partial charge in [-0.25, -0.2) is 0 Å². The number of rotatable bonds is 11. The second kappa shape index (κ2) is 10.8. The third kappa shape index (κ3) is 7.63. The van der Waals surface area contributed by atoms with Crippen molar-refractivity contribution in [3.63, 3.8) is 0 Å². The van der Waals surface area contributed by atoms with Crippen molar-refractivity contribution in [2.45, 2.75) is 51.4 Å². The molecule has 0 fully saturated rings. The minimum Gasteiger partial charge on any atom is -0.469 e. The van der Waals surface area contributed by atoms with Crippen LogP contribution in [0, 0.1) is 0 Å². The van der Waals surface area contributed by atoms with Gasteiger partial charge in [-0.1, -0.05) is 25.7 Å². The van der Waals surface area contributed by atoms with Crippen LogP contribution in [0.1, 0.15) is 59.5 Å². The maximum atomic E-state index is 12.0. The molecule has 0 saturated heterocycles. The van der Waals surface area contributed by atoms with Gasteiger partial charge in [-0.3, -0.25) is 9.59 Å². The molecule has 5 heteroatoms. The van der Waals surface area contributed by atoms with Gasteiger partial charge in [0.25, 0.3) is 0 Å². The van der Waals surface area contributed by atoms with Gasteiger partial charge in [-0.05, 0) is 25.0 Å². The zero-order valence-corrected chi connectivity index (χ0v) is 14.1. The summed E-state index contributed by atoms with van der Waals surface area (Å²) in [6.45, 7) is 0. The van der Waals surface area contributed by atoms with E-state index in [4.69, 9.17) is 11.6 Å². The number of carbonyl (C=O) groups is 2. The van der Waals surface area contributed by atoms with Crippen LogP contribution in [0.15, 0.2) is 12.1 Å². The molecule has 3 nitrogen and oxygen atoms in total. The number of unbranched alkanes of at least 4 members (excludes halogenated alkanes) is 5. The van der Waals surface area contributed by atoms with Gasteiger partial charge in [0, 0.05) is 17.2 Å². The molecule has 0 spiro atoms. The first-order valence-electron chi connectivity index (χ1n) is 7.42. The van der Waals surface area contributed by atoms with Gasteiger partial charge < -0.3 is 4.74 Å². The summed E-state index contributed by atoms with van der Waals surface area (Å²) in [6, 6.07) is 3.65. The van der Waals surface area contributed by atoms with Gasteiger partial charge in [0.1, 0.15) is 0 Å². The molecule has 0 radical (unpaired) electrons. The Bertz CT molecular complexity index is 442. The Morgan fingerprint density at radius 1 is 1.10 bits per heavy atom. The van der Waals surface area contributed by atoms with Gasteiger partial charge in [0.2, 0.25) is 0 Å². The zero-order chi connectivity index (χ0) is 15.5. The van der Waals surface area contributed by atoms with Crippen molar-refractivity contribution in [3.05, 3.63) is 21.9 Å². The molecule has 0 aliphatic heterocycles. The average molecular weight is 331 g/mol. The topological polar surface area (TPSA) is 43.4 Å². The molecule has 1 aromatic heterocycles. The van der Waals surface area contributed by atoms with E-state index in [-0.39, 0.29) is 18.2 Å². The molecule has 0 aromatic carbocycles. The highest BCUT2D eigenvalue weighted by Crippen LogP contribution is 2.20. The minimum atomic E-state index is -0.271. The van der Waals surface area contributed by atoms with Gasteiger partial charge in [-0.2, -0.15) is 0 Å². The van der Waals surface area contributed by atoms with Crippen molar-refractivity contribution in [1.29, 1.82) is 0 Å². The molecule has 1 aromatic rings. The van der Waals surface area contributed by atoms with Crippen molar-refractivity contribution in [2.75, 3.05) is 13.0 Å². The highest BCUT2D eigenvalue weighted by molar-refractivity contribution is 7.14. The zero-order valence-electron chi connectivity index (χ0n) is 12.5. The Morgan fingerprint density at radius 2 is 1.76 bits per heavy atom. The second-order valence-corrected chi connectivity index (χ2v) is 6.55. The van der Waals surface area contributed by atoms with E-state index >= 15 is 0 Å². The first kappa shape index (κ1) is 18.2. The van der Waals surface area contributed by atoms with Crippen LogP contribution in [-0.4, -0.2) is 24.7 Å². The largest absolute Gasteiger partial charge is 0.469 e. The fourth-order valence-corrected chi connectivity index (χ4v) is 3.20. The van der Waals surface area contributed by atoms with Crippen molar-refractivity contribution >= 4 is 34.7 Å². The first-order valence-corrected chi connectivity index (χ1v) is 8.77. The molecule has 0 N–H and O–H groups in total. The predicted octanol–water partition coefficient (Wildman–Crippen LogP) is 4.62. The fourth-order valence-electron chi connectivity index (χ4n) is 2.05. The number of Topliss-reactive ketones (excluding diaryl/α,β-unsaturated/α-hetero) is 1. The van der Waals surface area contributed by atoms with Crippen LogP contribution < -0.4 is 0 Å². The van der Waals surface area contributed by atoms with Crippen LogP contribution in [0.2, 0.25) is 0 Å². The number of halogens is 1. The van der Waals surface area contributed by atoms with Crippen LogP contribution in [0.25, 0.3) is 0 Å². The average Bonchev–Trinajstić information content (AvgIpc) is 2.94. The third-order valence-corrected chi connectivity index (χ3v) is 4.66. The number of esters is 1. The minimum absolute atomic E-state index is 0.178. The molecular weight excluding hydrogens is 308 g/mol. The fraction of sp³-hybridized carbons (Fsp3) is 0.625. The molecule has 0 aliphatic rings. The second-order valence-electron chi connectivity index (χ2n) is 5.00. The maximum absolute atomic E-state index is 12.0. The number of hydrogen-bond acceptors (Lipinski definition) is 4. The van der Waals surface area contributed by atoms with E-state index in [1.54, 1.807) is 0 Å². The molecule has 0 amide bonds. The van der Waals surface area contributed by atoms with E-state index in [9.17, 15) is 9.59 Å². The van der Waals surface area contributed by atoms with Gasteiger partial charge in [0.05, 0.1) is 18.4 Å². The van der Waals surface area contributed by atoms with Crippen molar-refractivity contribution in [3.8, 4) is 0 Å². The Balaban J connectivity index is 2.21. The van der Waals surface area contributed by atoms with Gasteiger partial charge >= 0.3 is 5.97 Å². The Morgan fingerprint density at radius 3 is 2.43 bits per heavy atom. The summed E-state index contributed by atoms with van der Waals surface area (Å²) in [7, 11) is 1.37. The number of carbonyl (C=O) groups excluding carboxylic acids is 2. The summed E-state index contributed by atoms with van der Waals surface area (Å²) in [5.41, 5.74) is 0. The summed E-state index contributed by atoms with van der Waals surface area (Å²) in [5, 5.41) is 0. The Hall–Kier alpha value is -0.870. The highest BCUT2D eigenvalue weighted by Gasteiger charge is 2.11. The van der Waals surface area contributed by atoms with Crippen LogP contribution in [0.5, 0.6) is 0 Å². The molecule has 1 heterocycles. The molecular formula is C16H23ClO3S. The van der Waals surface area contributed by atoms with E-state index in [0.717, 1.165) is 34.9 Å². The molecule has 0 unspecified atom stereocenters. The van der Waals surface area contributed by atoms with E-state index in [1.165, 1.54) is 37.7 Å². The number of methoxy groups -OCH3 is 1. The first-order chi connectivity index (χ1) is 10.2. The SMILES string of the molecule is COC(=O)Cc1ccc(C(=O)CCCCCCCCCl)s1. The highest BCUT2D eigenvalue weighted by atomic mass is 35.5.